The van der Waals surface area contributed by atoms with Gasteiger partial charge < -0.3 is 0 Å². The number of halogens is 3. The smallest absolute Gasteiger partial charge is 0.276 e. The number of fused-ring (bicyclic) bond motifs is 3. The van der Waals surface area contributed by atoms with Crippen LogP contribution in [0.4, 0.5) is 13.2 Å². The first-order valence-electron chi connectivity index (χ1n) is 8.88. The van der Waals surface area contributed by atoms with Gasteiger partial charge in [0.15, 0.2) is 15.7 Å². The van der Waals surface area contributed by atoms with Gasteiger partial charge in [-0.3, -0.25) is 4.99 Å². The molecule has 1 aromatic heterocycles. The summed E-state index contributed by atoms with van der Waals surface area (Å²) in [4.78, 5) is 16.6. The van der Waals surface area contributed by atoms with E-state index in [9.17, 15) is 26.4 Å². The highest BCUT2D eigenvalue weighted by atomic mass is 32.2. The van der Waals surface area contributed by atoms with Crippen molar-refractivity contribution in [1.82, 2.24) is 14.8 Å². The van der Waals surface area contributed by atoms with Crippen LogP contribution >= 0.6 is 0 Å². The molecule has 30 heavy (non-hydrogen) atoms. The molecular weight excluding hydrogens is 421 g/mol. The Morgan fingerprint density at radius 2 is 1.93 bits per heavy atom. The van der Waals surface area contributed by atoms with E-state index in [1.807, 2.05) is 0 Å². The lowest BCUT2D eigenvalue weighted by atomic mass is 9.98. The molecule has 1 aliphatic heterocycles. The van der Waals surface area contributed by atoms with E-state index in [-0.39, 0.29) is 45.5 Å². The zero-order chi connectivity index (χ0) is 21.7. The molecule has 4 rings (SSSR count). The minimum atomic E-state index is -4.55. The molecule has 0 spiro atoms. The Morgan fingerprint density at radius 3 is 2.63 bits per heavy atom. The third kappa shape index (κ3) is 3.34. The number of H-pyrrole nitrogens is 1. The van der Waals surface area contributed by atoms with Crippen LogP contribution in [-0.2, 0) is 22.6 Å². The van der Waals surface area contributed by atoms with Crippen molar-refractivity contribution in [2.24, 2.45) is 4.99 Å². The van der Waals surface area contributed by atoms with Gasteiger partial charge in [0.05, 0.1) is 27.6 Å². The fourth-order valence-electron chi connectivity index (χ4n) is 3.27. The van der Waals surface area contributed by atoms with E-state index < -0.39 is 27.3 Å². The van der Waals surface area contributed by atoms with Crippen molar-refractivity contribution in [2.45, 2.75) is 24.5 Å². The lowest BCUT2D eigenvalue weighted by Gasteiger charge is -2.14. The Labute approximate surface area is 168 Å². The molecule has 0 radical (unpaired) electrons. The third-order valence-electron chi connectivity index (χ3n) is 4.79. The molecule has 0 atom stereocenters. The molecule has 156 valence electrons. The second kappa shape index (κ2) is 6.94. The number of sulfone groups is 1. The zero-order valence-corrected chi connectivity index (χ0v) is 16.4. The Bertz CT molecular complexity index is 1340. The number of rotatable bonds is 3. The summed E-state index contributed by atoms with van der Waals surface area (Å²) < 4.78 is 65.7. The number of alkyl halides is 3. The number of hydrogen-bond donors (Lipinski definition) is 1. The molecule has 0 aliphatic carbocycles. The number of aromatic nitrogens is 3. The molecule has 7 nitrogen and oxygen atoms in total. The summed E-state index contributed by atoms with van der Waals surface area (Å²) in [7, 11) is -3.60. The first kappa shape index (κ1) is 20.1. The molecule has 3 aromatic rings. The quantitative estimate of drug-likeness (QED) is 0.683. The summed E-state index contributed by atoms with van der Waals surface area (Å²) in [5.74, 6) is 0.105. The van der Waals surface area contributed by atoms with Crippen molar-refractivity contribution in [3.05, 3.63) is 75.5 Å². The second-order valence-corrected chi connectivity index (χ2v) is 8.88. The molecular formula is C19H15F3N4O3S. The maximum Gasteiger partial charge on any atom is 0.416 e. The van der Waals surface area contributed by atoms with E-state index >= 15 is 0 Å². The number of nitrogens with zero attached hydrogens (tertiary/aromatic N) is 3. The van der Waals surface area contributed by atoms with E-state index in [0.717, 1.165) is 12.1 Å². The first-order valence-corrected chi connectivity index (χ1v) is 10.5. The van der Waals surface area contributed by atoms with E-state index in [1.165, 1.54) is 41.8 Å². The molecule has 0 amide bonds. The number of aliphatic imine (C=N–C) groups is 1. The normalized spacial score (nSPS) is 13.9. The molecule has 2 heterocycles. The van der Waals surface area contributed by atoms with Crippen molar-refractivity contribution in [1.29, 1.82) is 0 Å². The van der Waals surface area contributed by atoms with Crippen LogP contribution in [0.3, 0.4) is 0 Å². The molecule has 0 saturated heterocycles. The summed E-state index contributed by atoms with van der Waals surface area (Å²) in [6.45, 7) is 1.41. The van der Waals surface area contributed by atoms with Crippen LogP contribution in [0.1, 0.15) is 29.4 Å². The van der Waals surface area contributed by atoms with Gasteiger partial charge in [-0.1, -0.05) is 19.1 Å². The lowest BCUT2D eigenvalue weighted by Crippen LogP contribution is -2.19. The predicted octanol–water partition coefficient (Wildman–Crippen LogP) is 2.72. The van der Waals surface area contributed by atoms with Crippen molar-refractivity contribution >= 4 is 15.5 Å². The monoisotopic (exact) mass is 436 g/mol. The first-order chi connectivity index (χ1) is 14.1. The number of nitrogens with one attached hydrogen (secondary N) is 1. The van der Waals surface area contributed by atoms with Crippen molar-refractivity contribution < 1.29 is 21.6 Å². The van der Waals surface area contributed by atoms with E-state index in [2.05, 4.69) is 15.2 Å². The molecule has 0 bridgehead atoms. The van der Waals surface area contributed by atoms with Crippen LogP contribution in [0, 0.1) is 0 Å². The molecule has 11 heteroatoms. The van der Waals surface area contributed by atoms with Crippen LogP contribution in [-0.4, -0.2) is 34.6 Å². The Kier molecular flexibility index (Phi) is 4.64. The minimum Gasteiger partial charge on any atom is -0.276 e. The lowest BCUT2D eigenvalue weighted by molar-refractivity contribution is -0.137. The van der Waals surface area contributed by atoms with E-state index in [0.29, 0.717) is 0 Å². The fourth-order valence-corrected chi connectivity index (χ4v) is 4.17. The van der Waals surface area contributed by atoms with Crippen molar-refractivity contribution in [3.8, 4) is 5.69 Å². The fraction of sp³-hybridized carbons (Fsp3) is 0.211. The molecule has 2 aromatic carbocycles. The highest BCUT2D eigenvalue weighted by Crippen LogP contribution is 2.32. The molecule has 1 aliphatic rings. The van der Waals surface area contributed by atoms with Gasteiger partial charge >= 0.3 is 11.9 Å². The zero-order valence-electron chi connectivity index (χ0n) is 15.6. The van der Waals surface area contributed by atoms with Crippen molar-refractivity contribution in [3.63, 3.8) is 0 Å². The van der Waals surface area contributed by atoms with Gasteiger partial charge in [0, 0.05) is 11.1 Å². The third-order valence-corrected chi connectivity index (χ3v) is 6.52. The second-order valence-electron chi connectivity index (χ2n) is 6.61. The summed E-state index contributed by atoms with van der Waals surface area (Å²) in [5, 5.41) is 6.22. The summed E-state index contributed by atoms with van der Waals surface area (Å²) in [5.41, 5.74) is -0.605. The van der Waals surface area contributed by atoms with E-state index in [4.69, 9.17) is 0 Å². The highest BCUT2D eigenvalue weighted by molar-refractivity contribution is 7.91. The Morgan fingerprint density at radius 1 is 1.17 bits per heavy atom. The SMILES string of the molecule is CCS(=O)(=O)c1ccc2c(c1)C(c1cccc(C(F)(F)F)c1)=NCc1n[nH]c(=O)n1-2. The van der Waals surface area contributed by atoms with Gasteiger partial charge in [0.1, 0.15) is 6.54 Å². The number of benzene rings is 2. The Hall–Kier alpha value is -3.21. The average Bonchev–Trinajstić information content (AvgIpc) is 2.99. The van der Waals surface area contributed by atoms with Gasteiger partial charge in [-0.2, -0.15) is 18.3 Å². The standard InChI is InChI=1S/C19H15F3N4O3S/c1-2-30(28,29)13-6-7-15-14(9-13)17(23-10-16-24-25-18(27)26(15)16)11-4-3-5-12(8-11)19(20,21)22/h3-9H,2,10H2,1H3,(H,25,27). The van der Waals surface area contributed by atoms with Crippen LogP contribution < -0.4 is 5.69 Å². The average molecular weight is 436 g/mol. The largest absolute Gasteiger partial charge is 0.416 e. The number of hydrogen-bond acceptors (Lipinski definition) is 5. The maximum absolute atomic E-state index is 13.2. The van der Waals surface area contributed by atoms with Gasteiger partial charge in [0.25, 0.3) is 0 Å². The highest BCUT2D eigenvalue weighted by Gasteiger charge is 2.31. The molecule has 0 unspecified atom stereocenters. The molecule has 1 N–H and O–H groups in total. The minimum absolute atomic E-state index is 0.0107. The van der Waals surface area contributed by atoms with Gasteiger partial charge in [-0.05, 0) is 30.3 Å². The van der Waals surface area contributed by atoms with Crippen LogP contribution in [0.15, 0.2) is 57.1 Å². The molecule has 0 fully saturated rings. The predicted molar refractivity (Wildman–Crippen MR) is 103 cm³/mol. The topological polar surface area (TPSA) is 97.2 Å². The Balaban J connectivity index is 2.00. The van der Waals surface area contributed by atoms with Crippen LogP contribution in [0.25, 0.3) is 5.69 Å². The summed E-state index contributed by atoms with van der Waals surface area (Å²) >= 11 is 0. The van der Waals surface area contributed by atoms with E-state index in [1.54, 1.807) is 0 Å². The van der Waals surface area contributed by atoms with Gasteiger partial charge in [-0.25, -0.2) is 22.9 Å². The van der Waals surface area contributed by atoms with Gasteiger partial charge in [0.2, 0.25) is 0 Å². The maximum atomic E-state index is 13.2. The summed E-state index contributed by atoms with van der Waals surface area (Å²) in [6, 6.07) is 8.72. The van der Waals surface area contributed by atoms with Crippen LogP contribution in [0.5, 0.6) is 0 Å². The summed E-state index contributed by atoms with van der Waals surface area (Å²) in [6.07, 6.45) is -4.55. The van der Waals surface area contributed by atoms with Crippen LogP contribution in [0.2, 0.25) is 0 Å². The van der Waals surface area contributed by atoms with Crippen molar-refractivity contribution in [2.75, 3.05) is 5.75 Å². The molecule has 0 saturated carbocycles. The van der Waals surface area contributed by atoms with Gasteiger partial charge in [-0.15, -0.1) is 0 Å². The number of aromatic amines is 1.